The fourth-order valence-electron chi connectivity index (χ4n) is 2.40. The van der Waals surface area contributed by atoms with Crippen LogP contribution < -0.4 is 5.32 Å². The second kappa shape index (κ2) is 5.87. The molecule has 0 unspecified atom stereocenters. The minimum atomic E-state index is 1.05. The van der Waals surface area contributed by atoms with Gasteiger partial charge in [-0.25, -0.2) is 0 Å². The summed E-state index contributed by atoms with van der Waals surface area (Å²) in [5, 5.41) is 4.63. The number of aryl methyl sites for hydroxylation is 2. The molecule has 0 saturated carbocycles. The second-order valence-electron chi connectivity index (χ2n) is 4.52. The third-order valence-corrected chi connectivity index (χ3v) is 3.33. The summed E-state index contributed by atoms with van der Waals surface area (Å²) in [6, 6.07) is 8.73. The molecule has 2 aromatic rings. The van der Waals surface area contributed by atoms with Crippen LogP contribution in [0.4, 0.5) is 0 Å². The number of nitrogens with one attached hydrogen (secondary N) is 1. The minimum absolute atomic E-state index is 1.05. The lowest BCUT2D eigenvalue weighted by molar-refractivity contribution is 0.676. The zero-order chi connectivity index (χ0) is 12.1. The van der Waals surface area contributed by atoms with Crippen LogP contribution in [0.1, 0.15) is 25.3 Å². The lowest BCUT2D eigenvalue weighted by Crippen LogP contribution is -2.07. The van der Waals surface area contributed by atoms with Crippen molar-refractivity contribution < 1.29 is 0 Å². The van der Waals surface area contributed by atoms with Crippen molar-refractivity contribution >= 4 is 10.9 Å². The summed E-state index contributed by atoms with van der Waals surface area (Å²) < 4.78 is 2.35. The van der Waals surface area contributed by atoms with Crippen LogP contribution in [0, 0.1) is 0 Å². The molecule has 0 saturated heterocycles. The Balaban J connectivity index is 2.16. The Bertz CT molecular complexity index is 471. The highest BCUT2D eigenvalue weighted by Crippen LogP contribution is 2.22. The summed E-state index contributed by atoms with van der Waals surface area (Å²) in [5.41, 5.74) is 2.87. The van der Waals surface area contributed by atoms with Gasteiger partial charge >= 0.3 is 0 Å². The fourth-order valence-corrected chi connectivity index (χ4v) is 2.40. The van der Waals surface area contributed by atoms with E-state index in [0.29, 0.717) is 0 Å². The van der Waals surface area contributed by atoms with Crippen LogP contribution >= 0.6 is 0 Å². The molecule has 1 N–H and O–H groups in total. The molecule has 1 heterocycles. The van der Waals surface area contributed by atoms with E-state index in [2.05, 4.69) is 47.3 Å². The van der Waals surface area contributed by atoms with E-state index in [1.165, 1.54) is 35.7 Å². The third-order valence-electron chi connectivity index (χ3n) is 3.33. The maximum absolute atomic E-state index is 3.20. The van der Waals surface area contributed by atoms with E-state index in [9.17, 15) is 0 Å². The first-order valence-electron chi connectivity index (χ1n) is 6.58. The Hall–Kier alpha value is -1.28. The van der Waals surface area contributed by atoms with Crippen molar-refractivity contribution in [2.24, 2.45) is 0 Å². The van der Waals surface area contributed by atoms with Gasteiger partial charge in [-0.15, -0.1) is 0 Å². The quantitative estimate of drug-likeness (QED) is 0.754. The Morgan fingerprint density at radius 3 is 2.76 bits per heavy atom. The number of hydrogen-bond donors (Lipinski definition) is 1. The van der Waals surface area contributed by atoms with Crippen molar-refractivity contribution in [3.63, 3.8) is 0 Å². The van der Waals surface area contributed by atoms with Crippen molar-refractivity contribution in [3.8, 4) is 0 Å². The monoisotopic (exact) mass is 230 g/mol. The van der Waals surface area contributed by atoms with E-state index >= 15 is 0 Å². The zero-order valence-electron chi connectivity index (χ0n) is 10.9. The number of nitrogens with zero attached hydrogens (tertiary/aromatic N) is 1. The summed E-state index contributed by atoms with van der Waals surface area (Å²) in [4.78, 5) is 0. The Kier molecular flexibility index (Phi) is 4.21. The van der Waals surface area contributed by atoms with Gasteiger partial charge < -0.3 is 9.88 Å². The molecule has 2 nitrogen and oxygen atoms in total. The average Bonchev–Trinajstić information content (AvgIpc) is 2.73. The van der Waals surface area contributed by atoms with Crippen LogP contribution in [0.2, 0.25) is 0 Å². The van der Waals surface area contributed by atoms with Gasteiger partial charge in [0.15, 0.2) is 0 Å². The van der Waals surface area contributed by atoms with Crippen molar-refractivity contribution in [1.29, 1.82) is 0 Å². The van der Waals surface area contributed by atoms with Gasteiger partial charge in [-0.2, -0.15) is 0 Å². The highest BCUT2D eigenvalue weighted by Gasteiger charge is 2.06. The maximum atomic E-state index is 3.20. The van der Waals surface area contributed by atoms with Crippen molar-refractivity contribution in [2.45, 2.75) is 32.7 Å². The van der Waals surface area contributed by atoms with Crippen LogP contribution in [0.25, 0.3) is 10.9 Å². The van der Waals surface area contributed by atoms with E-state index < -0.39 is 0 Å². The van der Waals surface area contributed by atoms with Gasteiger partial charge in [0, 0.05) is 23.6 Å². The maximum Gasteiger partial charge on any atom is 0.0483 e. The zero-order valence-corrected chi connectivity index (χ0v) is 10.9. The lowest BCUT2D eigenvalue weighted by atomic mass is 10.1. The fraction of sp³-hybridized carbons (Fsp3) is 0.467. The van der Waals surface area contributed by atoms with E-state index in [1.54, 1.807) is 0 Å². The Morgan fingerprint density at radius 1 is 1.18 bits per heavy atom. The highest BCUT2D eigenvalue weighted by atomic mass is 14.9. The van der Waals surface area contributed by atoms with Crippen molar-refractivity contribution in [2.75, 3.05) is 13.6 Å². The van der Waals surface area contributed by atoms with Crippen LogP contribution in [-0.4, -0.2) is 18.2 Å². The van der Waals surface area contributed by atoms with Gasteiger partial charge in [-0.1, -0.05) is 18.2 Å². The van der Waals surface area contributed by atoms with Crippen LogP contribution in [0.3, 0.4) is 0 Å². The third kappa shape index (κ3) is 2.70. The second-order valence-corrected chi connectivity index (χ2v) is 4.52. The lowest BCUT2D eigenvalue weighted by Gasteiger charge is -1.99. The molecule has 0 amide bonds. The molecule has 0 atom stereocenters. The molecule has 0 radical (unpaired) electrons. The van der Waals surface area contributed by atoms with Gasteiger partial charge in [0.25, 0.3) is 0 Å². The molecule has 0 aliphatic rings. The van der Waals surface area contributed by atoms with Crippen molar-refractivity contribution in [1.82, 2.24) is 9.88 Å². The molecule has 17 heavy (non-hydrogen) atoms. The molecule has 0 fully saturated rings. The largest absolute Gasteiger partial charge is 0.347 e. The SMILES string of the molecule is CCn1cc(CCCCNC)c2ccccc21. The molecule has 2 heteroatoms. The standard InChI is InChI=1S/C15H22N2/c1-3-17-12-13(8-6-7-11-16-2)14-9-4-5-10-15(14)17/h4-5,9-10,12,16H,3,6-8,11H2,1-2H3. The Labute approximate surface area is 104 Å². The highest BCUT2D eigenvalue weighted by molar-refractivity contribution is 5.83. The van der Waals surface area contributed by atoms with Gasteiger partial charge in [-0.05, 0) is 51.4 Å². The first-order valence-corrected chi connectivity index (χ1v) is 6.58. The van der Waals surface area contributed by atoms with E-state index in [-0.39, 0.29) is 0 Å². The predicted octanol–water partition coefficient (Wildman–Crippen LogP) is 3.20. The topological polar surface area (TPSA) is 17.0 Å². The molecule has 0 bridgehead atoms. The summed E-state index contributed by atoms with van der Waals surface area (Å²) in [7, 11) is 2.02. The van der Waals surface area contributed by atoms with E-state index in [0.717, 1.165) is 13.1 Å². The van der Waals surface area contributed by atoms with Crippen LogP contribution in [-0.2, 0) is 13.0 Å². The van der Waals surface area contributed by atoms with Crippen molar-refractivity contribution in [3.05, 3.63) is 36.0 Å². The minimum Gasteiger partial charge on any atom is -0.347 e. The molecular formula is C15H22N2. The van der Waals surface area contributed by atoms with Gasteiger partial charge in [-0.3, -0.25) is 0 Å². The summed E-state index contributed by atoms with van der Waals surface area (Å²) >= 11 is 0. The summed E-state index contributed by atoms with van der Waals surface area (Å²) in [6.45, 7) is 4.38. The Morgan fingerprint density at radius 2 is 2.00 bits per heavy atom. The first-order chi connectivity index (χ1) is 8.36. The van der Waals surface area contributed by atoms with Crippen LogP contribution in [0.5, 0.6) is 0 Å². The molecule has 0 aliphatic carbocycles. The number of benzene rings is 1. The molecular weight excluding hydrogens is 208 g/mol. The van der Waals surface area contributed by atoms with Gasteiger partial charge in [0.1, 0.15) is 0 Å². The smallest absolute Gasteiger partial charge is 0.0483 e. The molecule has 2 rings (SSSR count). The van der Waals surface area contributed by atoms with Gasteiger partial charge in [0.05, 0.1) is 0 Å². The number of unbranched alkanes of at least 4 members (excludes halogenated alkanes) is 1. The molecule has 1 aromatic heterocycles. The number of para-hydroxylation sites is 1. The normalized spacial score (nSPS) is 11.2. The molecule has 0 spiro atoms. The first kappa shape index (κ1) is 12.2. The van der Waals surface area contributed by atoms with Gasteiger partial charge in [0.2, 0.25) is 0 Å². The summed E-state index contributed by atoms with van der Waals surface area (Å²) in [6.07, 6.45) is 6.03. The molecule has 0 aliphatic heterocycles. The molecule has 92 valence electrons. The number of fused-ring (bicyclic) bond motifs is 1. The number of aromatic nitrogens is 1. The number of rotatable bonds is 6. The van der Waals surface area contributed by atoms with Crippen LogP contribution in [0.15, 0.2) is 30.5 Å². The number of hydrogen-bond acceptors (Lipinski definition) is 1. The predicted molar refractivity (Wildman–Crippen MR) is 74.5 cm³/mol. The van der Waals surface area contributed by atoms with E-state index in [4.69, 9.17) is 0 Å². The van der Waals surface area contributed by atoms with E-state index in [1.807, 2.05) is 7.05 Å². The average molecular weight is 230 g/mol. The summed E-state index contributed by atoms with van der Waals surface area (Å²) in [5.74, 6) is 0. The molecule has 1 aromatic carbocycles.